The van der Waals surface area contributed by atoms with Crippen LogP contribution < -0.4 is 5.56 Å². The Kier molecular flexibility index (Phi) is 4.33. The number of fused-ring (bicyclic) bond motifs is 2. The molecule has 2 aromatic heterocycles. The Hall–Kier alpha value is -3.58. The molecule has 0 radical (unpaired) electrons. The van der Waals surface area contributed by atoms with Gasteiger partial charge in [0.1, 0.15) is 4.83 Å². The minimum Gasteiger partial charge on any atom is -0.297 e. The number of hydrogen-bond acceptors (Lipinski definition) is 5. The zero-order valence-electron chi connectivity index (χ0n) is 16.2. The summed E-state index contributed by atoms with van der Waals surface area (Å²) in [5.74, 6) is -0.647. The summed E-state index contributed by atoms with van der Waals surface area (Å²) in [5.41, 5.74) is 2.60. The first-order valence-electron chi connectivity index (χ1n) is 9.55. The molecular weight excluding hydrogens is 398 g/mol. The van der Waals surface area contributed by atoms with E-state index < -0.39 is 0 Å². The van der Waals surface area contributed by atoms with Crippen molar-refractivity contribution in [2.75, 3.05) is 6.54 Å². The molecular formula is C23H17N3O3S. The molecule has 30 heavy (non-hydrogen) atoms. The van der Waals surface area contributed by atoms with E-state index in [1.165, 1.54) is 27.1 Å². The maximum Gasteiger partial charge on any atom is 0.262 e. The van der Waals surface area contributed by atoms with Crippen LogP contribution in [0, 0.1) is 6.92 Å². The largest absolute Gasteiger partial charge is 0.297 e. The zero-order chi connectivity index (χ0) is 20.8. The number of rotatable bonds is 4. The Balaban J connectivity index is 1.46. The van der Waals surface area contributed by atoms with Gasteiger partial charge in [-0.05, 0) is 30.2 Å². The molecule has 1 aliphatic heterocycles. The van der Waals surface area contributed by atoms with Gasteiger partial charge < -0.3 is 0 Å². The smallest absolute Gasteiger partial charge is 0.262 e. The second-order valence-electron chi connectivity index (χ2n) is 7.15. The average molecular weight is 415 g/mol. The van der Waals surface area contributed by atoms with Crippen LogP contribution in [0.4, 0.5) is 0 Å². The number of aromatic nitrogens is 2. The number of carbonyl (C=O) groups excluding carboxylic acids is 2. The number of thiophene rings is 1. The van der Waals surface area contributed by atoms with Crippen molar-refractivity contribution in [3.05, 3.63) is 88.0 Å². The van der Waals surface area contributed by atoms with Crippen LogP contribution in [0.1, 0.15) is 26.3 Å². The van der Waals surface area contributed by atoms with E-state index in [0.29, 0.717) is 21.3 Å². The Morgan fingerprint density at radius 1 is 0.867 bits per heavy atom. The van der Waals surface area contributed by atoms with E-state index in [1.54, 1.807) is 24.3 Å². The fourth-order valence-electron chi connectivity index (χ4n) is 3.83. The number of amides is 2. The molecule has 0 N–H and O–H groups in total. The molecule has 0 saturated carbocycles. The first-order chi connectivity index (χ1) is 14.6. The molecule has 7 heteroatoms. The van der Waals surface area contributed by atoms with Gasteiger partial charge in [-0.15, -0.1) is 11.3 Å². The van der Waals surface area contributed by atoms with Gasteiger partial charge in [0.2, 0.25) is 0 Å². The van der Waals surface area contributed by atoms with E-state index in [9.17, 15) is 14.4 Å². The highest BCUT2D eigenvalue weighted by atomic mass is 32.1. The van der Waals surface area contributed by atoms with E-state index in [1.807, 2.05) is 37.3 Å². The van der Waals surface area contributed by atoms with E-state index in [0.717, 1.165) is 16.0 Å². The molecule has 0 aliphatic carbocycles. The van der Waals surface area contributed by atoms with Crippen molar-refractivity contribution >= 4 is 33.4 Å². The van der Waals surface area contributed by atoms with Crippen molar-refractivity contribution in [1.29, 1.82) is 0 Å². The maximum absolute atomic E-state index is 13.1. The minimum atomic E-state index is -0.323. The molecule has 3 heterocycles. The third-order valence-electron chi connectivity index (χ3n) is 5.40. The van der Waals surface area contributed by atoms with E-state index in [4.69, 9.17) is 0 Å². The molecule has 148 valence electrons. The van der Waals surface area contributed by atoms with Crippen molar-refractivity contribution in [3.8, 4) is 10.4 Å². The van der Waals surface area contributed by atoms with E-state index in [2.05, 4.69) is 4.98 Å². The molecule has 0 spiro atoms. The topological polar surface area (TPSA) is 72.3 Å². The van der Waals surface area contributed by atoms with Gasteiger partial charge in [0.15, 0.2) is 0 Å². The summed E-state index contributed by atoms with van der Waals surface area (Å²) < 4.78 is 1.47. The highest BCUT2D eigenvalue weighted by Crippen LogP contribution is 2.35. The van der Waals surface area contributed by atoms with Gasteiger partial charge in [-0.3, -0.25) is 23.9 Å². The van der Waals surface area contributed by atoms with Crippen LogP contribution >= 0.6 is 11.3 Å². The predicted octanol–water partition coefficient (Wildman–Crippen LogP) is 3.73. The normalized spacial score (nSPS) is 13.3. The van der Waals surface area contributed by atoms with Crippen LogP contribution in [0.2, 0.25) is 0 Å². The zero-order valence-corrected chi connectivity index (χ0v) is 17.0. The molecule has 2 aromatic carbocycles. The van der Waals surface area contributed by atoms with Crippen molar-refractivity contribution in [2.24, 2.45) is 0 Å². The van der Waals surface area contributed by atoms with Gasteiger partial charge >= 0.3 is 0 Å². The first kappa shape index (κ1) is 18.4. The number of nitrogens with zero attached hydrogens (tertiary/aromatic N) is 3. The van der Waals surface area contributed by atoms with Crippen LogP contribution in [0.3, 0.4) is 0 Å². The van der Waals surface area contributed by atoms with Crippen molar-refractivity contribution in [1.82, 2.24) is 14.5 Å². The molecule has 0 unspecified atom stereocenters. The highest BCUT2D eigenvalue weighted by Gasteiger charge is 2.34. The Labute approximate surface area is 176 Å². The van der Waals surface area contributed by atoms with Crippen LogP contribution in [-0.4, -0.2) is 32.8 Å². The summed E-state index contributed by atoms with van der Waals surface area (Å²) in [6.45, 7) is 2.25. The fourth-order valence-corrected chi connectivity index (χ4v) is 4.98. The Bertz CT molecular complexity index is 1340. The third-order valence-corrected chi connectivity index (χ3v) is 6.64. The SMILES string of the molecule is Cc1c(-c2ccccc2)sc2ncn(CCN3C(=O)c4ccccc4C3=O)c(=O)c12. The quantitative estimate of drug-likeness (QED) is 0.476. The summed E-state index contributed by atoms with van der Waals surface area (Å²) in [7, 11) is 0. The number of carbonyl (C=O) groups is 2. The summed E-state index contributed by atoms with van der Waals surface area (Å²) in [5, 5.41) is 0.587. The minimum absolute atomic E-state index is 0.119. The van der Waals surface area contributed by atoms with Gasteiger partial charge in [-0.25, -0.2) is 4.98 Å². The second kappa shape index (κ2) is 7.03. The van der Waals surface area contributed by atoms with Crippen LogP contribution in [0.25, 0.3) is 20.7 Å². The molecule has 0 fully saturated rings. The third kappa shape index (κ3) is 2.78. The lowest BCUT2D eigenvalue weighted by atomic mass is 10.1. The molecule has 4 aromatic rings. The fraction of sp³-hybridized carbons (Fsp3) is 0.130. The predicted molar refractivity (Wildman–Crippen MR) is 116 cm³/mol. The Morgan fingerprint density at radius 3 is 2.17 bits per heavy atom. The average Bonchev–Trinajstić information content (AvgIpc) is 3.24. The van der Waals surface area contributed by atoms with Crippen molar-refractivity contribution < 1.29 is 9.59 Å². The lowest BCUT2D eigenvalue weighted by molar-refractivity contribution is 0.0648. The van der Waals surface area contributed by atoms with Crippen LogP contribution in [0.5, 0.6) is 0 Å². The summed E-state index contributed by atoms with van der Waals surface area (Å²) in [6.07, 6.45) is 1.49. The lowest BCUT2D eigenvalue weighted by Gasteiger charge is -2.14. The summed E-state index contributed by atoms with van der Waals surface area (Å²) in [6, 6.07) is 16.7. The molecule has 1 aliphatic rings. The molecule has 0 atom stereocenters. The maximum atomic E-state index is 13.1. The second-order valence-corrected chi connectivity index (χ2v) is 8.15. The summed E-state index contributed by atoms with van der Waals surface area (Å²) >= 11 is 1.49. The van der Waals surface area contributed by atoms with Crippen molar-refractivity contribution in [2.45, 2.75) is 13.5 Å². The monoisotopic (exact) mass is 415 g/mol. The molecule has 0 bridgehead atoms. The number of imide groups is 1. The first-order valence-corrected chi connectivity index (χ1v) is 10.4. The van der Waals surface area contributed by atoms with Crippen molar-refractivity contribution in [3.63, 3.8) is 0 Å². The van der Waals surface area contributed by atoms with Gasteiger partial charge in [0.25, 0.3) is 17.4 Å². The number of benzene rings is 2. The van der Waals surface area contributed by atoms with Gasteiger partial charge in [0, 0.05) is 18.0 Å². The van der Waals surface area contributed by atoms with Crippen LogP contribution in [0.15, 0.2) is 65.7 Å². The highest BCUT2D eigenvalue weighted by molar-refractivity contribution is 7.22. The Morgan fingerprint density at radius 2 is 1.50 bits per heavy atom. The van der Waals surface area contributed by atoms with Crippen LogP contribution in [-0.2, 0) is 6.54 Å². The standard InChI is InChI=1S/C23H17N3O3S/c1-14-18-20(30-19(14)15-7-3-2-4-8-15)24-13-25(23(18)29)11-12-26-21(27)16-9-5-6-10-17(16)22(26)28/h2-10,13H,11-12H2,1H3. The lowest BCUT2D eigenvalue weighted by Crippen LogP contribution is -2.35. The molecule has 2 amide bonds. The number of aryl methyl sites for hydroxylation is 1. The number of hydrogen-bond donors (Lipinski definition) is 0. The molecule has 0 saturated heterocycles. The van der Waals surface area contributed by atoms with E-state index in [-0.39, 0.29) is 30.5 Å². The molecule has 6 nitrogen and oxygen atoms in total. The summed E-state index contributed by atoms with van der Waals surface area (Å²) in [4.78, 5) is 45.6. The van der Waals surface area contributed by atoms with Gasteiger partial charge in [-0.2, -0.15) is 0 Å². The van der Waals surface area contributed by atoms with E-state index >= 15 is 0 Å². The van der Waals surface area contributed by atoms with Gasteiger partial charge in [0.05, 0.1) is 22.8 Å². The molecule has 5 rings (SSSR count). The van der Waals surface area contributed by atoms with Gasteiger partial charge in [-0.1, -0.05) is 42.5 Å².